The molecule has 0 aromatic heterocycles. The van der Waals surface area contributed by atoms with Crippen molar-refractivity contribution in [3.8, 4) is 0 Å². The average Bonchev–Trinajstić information content (AvgIpc) is 3.20. The van der Waals surface area contributed by atoms with Crippen molar-refractivity contribution in [1.29, 1.82) is 0 Å². The van der Waals surface area contributed by atoms with Crippen LogP contribution in [0.15, 0.2) is 48.5 Å². The second-order valence-corrected chi connectivity index (χ2v) is 6.72. The summed E-state index contributed by atoms with van der Waals surface area (Å²) in [6.07, 6.45) is 2.52. The molecule has 0 unspecified atom stereocenters. The van der Waals surface area contributed by atoms with Gasteiger partial charge in [-0.3, -0.25) is 9.59 Å². The van der Waals surface area contributed by atoms with E-state index in [0.717, 1.165) is 18.7 Å². The quantitative estimate of drug-likeness (QED) is 0.788. The van der Waals surface area contributed by atoms with Crippen LogP contribution >= 0.6 is 0 Å². The highest BCUT2D eigenvalue weighted by atomic mass is 19.1. The van der Waals surface area contributed by atoms with E-state index in [0.29, 0.717) is 12.1 Å². The lowest BCUT2D eigenvalue weighted by Gasteiger charge is -2.17. The molecule has 0 aliphatic carbocycles. The molecule has 6 heteroatoms. The summed E-state index contributed by atoms with van der Waals surface area (Å²) in [6, 6.07) is 14.0. The molecule has 1 saturated heterocycles. The summed E-state index contributed by atoms with van der Waals surface area (Å²) in [5, 5.41) is 5.34. The van der Waals surface area contributed by atoms with Gasteiger partial charge in [-0.05, 0) is 48.2 Å². The molecule has 0 radical (unpaired) electrons. The van der Waals surface area contributed by atoms with Crippen molar-refractivity contribution in [1.82, 2.24) is 10.6 Å². The molecule has 1 fully saturated rings. The molecule has 1 heterocycles. The number of hydrogen-bond donors (Lipinski definition) is 2. The Hall–Kier alpha value is -2.89. The first-order valence-corrected chi connectivity index (χ1v) is 9.22. The van der Waals surface area contributed by atoms with Crippen LogP contribution < -0.4 is 15.5 Å². The van der Waals surface area contributed by atoms with Gasteiger partial charge >= 0.3 is 0 Å². The summed E-state index contributed by atoms with van der Waals surface area (Å²) < 4.78 is 13.1. The molecule has 2 N–H and O–H groups in total. The van der Waals surface area contributed by atoms with Crippen molar-refractivity contribution in [2.24, 2.45) is 0 Å². The number of carbonyl (C=O) groups excluding carboxylic acids is 2. The predicted octanol–water partition coefficient (Wildman–Crippen LogP) is 2.40. The number of nitrogens with zero attached hydrogens (tertiary/aromatic N) is 1. The van der Waals surface area contributed by atoms with E-state index in [1.165, 1.54) is 30.7 Å². The zero-order valence-corrected chi connectivity index (χ0v) is 15.2. The van der Waals surface area contributed by atoms with Crippen molar-refractivity contribution in [3.63, 3.8) is 0 Å². The molecule has 0 saturated carbocycles. The first-order valence-electron chi connectivity index (χ1n) is 9.22. The molecule has 1 aliphatic heterocycles. The first kappa shape index (κ1) is 18.9. The third-order valence-electron chi connectivity index (χ3n) is 4.60. The van der Waals surface area contributed by atoms with Gasteiger partial charge in [-0.15, -0.1) is 0 Å². The van der Waals surface area contributed by atoms with Crippen LogP contribution in [-0.4, -0.2) is 31.4 Å². The number of carbonyl (C=O) groups is 2. The van der Waals surface area contributed by atoms with Gasteiger partial charge in [0.2, 0.25) is 11.8 Å². The number of hydrogen-bond acceptors (Lipinski definition) is 3. The van der Waals surface area contributed by atoms with E-state index in [1.54, 1.807) is 12.1 Å². The highest BCUT2D eigenvalue weighted by Crippen LogP contribution is 2.20. The second kappa shape index (κ2) is 9.16. The van der Waals surface area contributed by atoms with Gasteiger partial charge in [-0.2, -0.15) is 0 Å². The van der Waals surface area contributed by atoms with E-state index in [2.05, 4.69) is 27.7 Å². The molecule has 0 atom stereocenters. The van der Waals surface area contributed by atoms with Gasteiger partial charge in [0, 0.05) is 25.3 Å². The molecular weight excluding hydrogens is 345 g/mol. The monoisotopic (exact) mass is 369 g/mol. The number of nitrogens with one attached hydrogen (secondary N) is 2. The lowest BCUT2D eigenvalue weighted by Crippen LogP contribution is -2.37. The SMILES string of the molecule is O=C(CNC(=O)Cc1cccc(F)c1)NCc1ccc(N2CCCC2)cc1. The van der Waals surface area contributed by atoms with E-state index < -0.39 is 0 Å². The standard InChI is InChI=1S/C21H24FN3O2/c22-18-5-3-4-17(12-18)13-20(26)24-15-21(27)23-14-16-6-8-19(9-7-16)25-10-1-2-11-25/h3-9,12H,1-2,10-11,13-15H2,(H,23,27)(H,24,26). The lowest BCUT2D eigenvalue weighted by molar-refractivity contribution is -0.125. The van der Waals surface area contributed by atoms with Crippen LogP contribution in [0.3, 0.4) is 0 Å². The molecule has 2 aromatic carbocycles. The van der Waals surface area contributed by atoms with Gasteiger partial charge in [0.1, 0.15) is 5.82 Å². The Morgan fingerprint density at radius 1 is 0.926 bits per heavy atom. The molecule has 2 amide bonds. The Labute approximate surface area is 158 Å². The van der Waals surface area contributed by atoms with Crippen LogP contribution in [0.1, 0.15) is 24.0 Å². The average molecular weight is 369 g/mol. The van der Waals surface area contributed by atoms with Gasteiger partial charge in [0.05, 0.1) is 13.0 Å². The van der Waals surface area contributed by atoms with Crippen molar-refractivity contribution >= 4 is 17.5 Å². The molecule has 142 valence electrons. The van der Waals surface area contributed by atoms with Gasteiger partial charge in [0.25, 0.3) is 0 Å². The Morgan fingerprint density at radius 3 is 2.37 bits per heavy atom. The van der Waals surface area contributed by atoms with E-state index in [4.69, 9.17) is 0 Å². The largest absolute Gasteiger partial charge is 0.372 e. The first-order chi connectivity index (χ1) is 13.1. The molecule has 5 nitrogen and oxygen atoms in total. The molecule has 2 aromatic rings. The number of anilines is 1. The highest BCUT2D eigenvalue weighted by Gasteiger charge is 2.12. The maximum atomic E-state index is 13.1. The van der Waals surface area contributed by atoms with Gasteiger partial charge in [-0.1, -0.05) is 24.3 Å². The zero-order valence-electron chi connectivity index (χ0n) is 15.2. The highest BCUT2D eigenvalue weighted by molar-refractivity contribution is 5.85. The van der Waals surface area contributed by atoms with Crippen LogP contribution in [0.25, 0.3) is 0 Å². The Morgan fingerprint density at radius 2 is 1.67 bits per heavy atom. The molecule has 27 heavy (non-hydrogen) atoms. The van der Waals surface area contributed by atoms with Gasteiger partial charge in [-0.25, -0.2) is 4.39 Å². The topological polar surface area (TPSA) is 61.4 Å². The van der Waals surface area contributed by atoms with Crippen molar-refractivity contribution in [3.05, 3.63) is 65.5 Å². The lowest BCUT2D eigenvalue weighted by atomic mass is 10.1. The molecule has 1 aliphatic rings. The molecule has 0 spiro atoms. The van der Waals surface area contributed by atoms with Crippen LogP contribution in [-0.2, 0) is 22.6 Å². The Bertz CT molecular complexity index is 786. The fraction of sp³-hybridized carbons (Fsp3) is 0.333. The smallest absolute Gasteiger partial charge is 0.239 e. The summed E-state index contributed by atoms with van der Waals surface area (Å²) >= 11 is 0. The summed E-state index contributed by atoms with van der Waals surface area (Å²) in [5.74, 6) is -0.953. The number of halogens is 1. The normalized spacial score (nSPS) is 13.4. The van der Waals surface area contributed by atoms with Crippen LogP contribution in [0, 0.1) is 5.82 Å². The van der Waals surface area contributed by atoms with Crippen molar-refractivity contribution in [2.45, 2.75) is 25.8 Å². The number of rotatable bonds is 7. The number of amides is 2. The minimum absolute atomic E-state index is 0.0446. The summed E-state index contributed by atoms with van der Waals surface area (Å²) in [5.41, 5.74) is 2.80. The van der Waals surface area contributed by atoms with E-state index in [9.17, 15) is 14.0 Å². The van der Waals surface area contributed by atoms with E-state index >= 15 is 0 Å². The third kappa shape index (κ3) is 5.81. The Balaban J connectivity index is 1.38. The van der Waals surface area contributed by atoms with Crippen molar-refractivity contribution < 1.29 is 14.0 Å². The van der Waals surface area contributed by atoms with Crippen LogP contribution in [0.2, 0.25) is 0 Å². The third-order valence-corrected chi connectivity index (χ3v) is 4.60. The minimum Gasteiger partial charge on any atom is -0.372 e. The summed E-state index contributed by atoms with van der Waals surface area (Å²) in [7, 11) is 0. The minimum atomic E-state index is -0.381. The van der Waals surface area contributed by atoms with E-state index in [-0.39, 0.29) is 30.6 Å². The maximum Gasteiger partial charge on any atom is 0.239 e. The fourth-order valence-corrected chi connectivity index (χ4v) is 3.14. The van der Waals surface area contributed by atoms with Gasteiger partial charge < -0.3 is 15.5 Å². The maximum absolute atomic E-state index is 13.1. The predicted molar refractivity (Wildman–Crippen MR) is 103 cm³/mol. The fourth-order valence-electron chi connectivity index (χ4n) is 3.14. The molecule has 0 bridgehead atoms. The van der Waals surface area contributed by atoms with Gasteiger partial charge in [0.15, 0.2) is 0 Å². The molecule has 3 rings (SSSR count). The summed E-state index contributed by atoms with van der Waals surface area (Å²) in [6.45, 7) is 2.52. The zero-order chi connectivity index (χ0) is 19.1. The van der Waals surface area contributed by atoms with E-state index in [1.807, 2.05) is 12.1 Å². The van der Waals surface area contributed by atoms with Crippen LogP contribution in [0.4, 0.5) is 10.1 Å². The summed E-state index contributed by atoms with van der Waals surface area (Å²) in [4.78, 5) is 26.1. The Kier molecular flexibility index (Phi) is 6.41. The van der Waals surface area contributed by atoms with Crippen molar-refractivity contribution in [2.75, 3.05) is 24.5 Å². The second-order valence-electron chi connectivity index (χ2n) is 6.72. The van der Waals surface area contributed by atoms with Crippen LogP contribution in [0.5, 0.6) is 0 Å². The number of benzene rings is 2. The molecular formula is C21H24FN3O2.